The molecule has 0 radical (unpaired) electrons. The quantitative estimate of drug-likeness (QED) is 0.429. The maximum absolute atomic E-state index is 12.5. The molecule has 0 spiro atoms. The van der Waals surface area contributed by atoms with E-state index in [1.54, 1.807) is 22.6 Å². The summed E-state index contributed by atoms with van der Waals surface area (Å²) >= 11 is 1.70. The van der Waals surface area contributed by atoms with Crippen molar-refractivity contribution in [3.8, 4) is 0 Å². The fourth-order valence-electron chi connectivity index (χ4n) is 0.541. The van der Waals surface area contributed by atoms with Crippen molar-refractivity contribution in [3.63, 3.8) is 0 Å². The number of halogens is 3. The van der Waals surface area contributed by atoms with Crippen molar-refractivity contribution < 1.29 is 8.78 Å². The summed E-state index contributed by atoms with van der Waals surface area (Å²) in [6, 6.07) is 2.76. The highest BCUT2D eigenvalue weighted by Crippen LogP contribution is 2.18. The molecule has 1 rings (SSSR count). The van der Waals surface area contributed by atoms with Crippen molar-refractivity contribution >= 4 is 28.3 Å². The molecule has 0 saturated heterocycles. The van der Waals surface area contributed by atoms with Crippen LogP contribution >= 0.6 is 22.6 Å². The molecule has 0 fully saturated rings. The number of rotatable bonds is 0. The first-order chi connectivity index (χ1) is 4.63. The molecule has 0 amide bonds. The van der Waals surface area contributed by atoms with E-state index in [0.717, 1.165) is 0 Å². The van der Waals surface area contributed by atoms with Crippen LogP contribution in [0.4, 0.5) is 14.5 Å². The fourth-order valence-corrected chi connectivity index (χ4v) is 0.957. The molecular formula is C6H4F2IN. The molecule has 0 saturated carbocycles. The number of nitrogens with two attached hydrogens (primary N) is 1. The SMILES string of the molecule is Nc1ccc(I)c(F)c1F. The summed E-state index contributed by atoms with van der Waals surface area (Å²) in [7, 11) is 0. The van der Waals surface area contributed by atoms with Crippen LogP contribution in [0, 0.1) is 15.2 Å². The summed E-state index contributed by atoms with van der Waals surface area (Å²) in [5.74, 6) is -1.84. The van der Waals surface area contributed by atoms with Gasteiger partial charge in [-0.1, -0.05) is 0 Å². The number of anilines is 1. The minimum atomic E-state index is -0.966. The first-order valence-electron chi connectivity index (χ1n) is 2.52. The minimum Gasteiger partial charge on any atom is -0.396 e. The summed E-state index contributed by atoms with van der Waals surface area (Å²) in [4.78, 5) is 0. The second-order valence-corrected chi connectivity index (χ2v) is 2.93. The van der Waals surface area contributed by atoms with Crippen molar-refractivity contribution in [1.82, 2.24) is 0 Å². The Balaban J connectivity index is 3.34. The van der Waals surface area contributed by atoms with Gasteiger partial charge in [0.15, 0.2) is 11.6 Å². The molecule has 1 aromatic carbocycles. The molecule has 1 nitrogen and oxygen atoms in total. The Labute approximate surface area is 70.4 Å². The molecule has 2 N–H and O–H groups in total. The highest BCUT2D eigenvalue weighted by Gasteiger charge is 2.07. The van der Waals surface area contributed by atoms with Crippen LogP contribution in [-0.4, -0.2) is 0 Å². The zero-order valence-electron chi connectivity index (χ0n) is 4.87. The highest BCUT2D eigenvalue weighted by molar-refractivity contribution is 14.1. The van der Waals surface area contributed by atoms with Gasteiger partial charge in [0.2, 0.25) is 0 Å². The molecule has 0 aromatic heterocycles. The van der Waals surface area contributed by atoms with E-state index >= 15 is 0 Å². The first-order valence-corrected chi connectivity index (χ1v) is 3.60. The van der Waals surface area contributed by atoms with Crippen LogP contribution in [0.1, 0.15) is 0 Å². The Bertz CT molecular complexity index is 235. The van der Waals surface area contributed by atoms with E-state index in [0.29, 0.717) is 0 Å². The van der Waals surface area contributed by atoms with Crippen LogP contribution < -0.4 is 5.73 Å². The van der Waals surface area contributed by atoms with Crippen LogP contribution in [0.25, 0.3) is 0 Å². The van der Waals surface area contributed by atoms with Crippen molar-refractivity contribution in [2.45, 2.75) is 0 Å². The number of hydrogen-bond donors (Lipinski definition) is 1. The van der Waals surface area contributed by atoms with E-state index < -0.39 is 11.6 Å². The Kier molecular flexibility index (Phi) is 2.08. The molecule has 4 heteroatoms. The molecule has 0 atom stereocenters. The predicted molar refractivity (Wildman–Crippen MR) is 43.5 cm³/mol. The van der Waals surface area contributed by atoms with E-state index in [4.69, 9.17) is 5.73 Å². The summed E-state index contributed by atoms with van der Waals surface area (Å²) < 4.78 is 25.3. The van der Waals surface area contributed by atoms with Gasteiger partial charge in [-0.2, -0.15) is 0 Å². The summed E-state index contributed by atoms with van der Waals surface area (Å²) in [6.45, 7) is 0. The van der Waals surface area contributed by atoms with E-state index in [1.165, 1.54) is 12.1 Å². The maximum atomic E-state index is 12.5. The van der Waals surface area contributed by atoms with E-state index in [1.807, 2.05) is 0 Å². The smallest absolute Gasteiger partial charge is 0.182 e. The van der Waals surface area contributed by atoms with Crippen LogP contribution in [0.2, 0.25) is 0 Å². The molecule has 10 heavy (non-hydrogen) atoms. The van der Waals surface area contributed by atoms with Crippen molar-refractivity contribution in [3.05, 3.63) is 27.3 Å². The molecule has 1 aromatic rings. The fraction of sp³-hybridized carbons (Fsp3) is 0. The lowest BCUT2D eigenvalue weighted by Gasteiger charge is -1.97. The Morgan fingerprint density at radius 1 is 1.20 bits per heavy atom. The first kappa shape index (κ1) is 7.71. The lowest BCUT2D eigenvalue weighted by molar-refractivity contribution is 0.507. The van der Waals surface area contributed by atoms with Gasteiger partial charge in [0.25, 0.3) is 0 Å². The number of hydrogen-bond acceptors (Lipinski definition) is 1. The summed E-state index contributed by atoms with van der Waals surface area (Å²) in [6.07, 6.45) is 0. The molecule has 0 unspecified atom stereocenters. The molecule has 0 heterocycles. The van der Waals surface area contributed by atoms with Gasteiger partial charge in [-0.15, -0.1) is 0 Å². The van der Waals surface area contributed by atoms with Gasteiger partial charge in [0.05, 0.1) is 9.26 Å². The van der Waals surface area contributed by atoms with E-state index in [9.17, 15) is 8.78 Å². The topological polar surface area (TPSA) is 26.0 Å². The van der Waals surface area contributed by atoms with Crippen LogP contribution in [0.3, 0.4) is 0 Å². The molecule has 0 bridgehead atoms. The Hall–Kier alpha value is -0.390. The van der Waals surface area contributed by atoms with Crippen molar-refractivity contribution in [2.75, 3.05) is 5.73 Å². The maximum Gasteiger partial charge on any atom is 0.182 e. The Morgan fingerprint density at radius 3 is 2.30 bits per heavy atom. The number of benzene rings is 1. The molecule has 0 aliphatic heterocycles. The third kappa shape index (κ3) is 1.21. The van der Waals surface area contributed by atoms with Crippen LogP contribution in [-0.2, 0) is 0 Å². The molecule has 0 aliphatic carbocycles. The standard InChI is InChI=1S/C6H4F2IN/c7-5-3(9)1-2-4(10)6(5)8/h1-2H,10H2. The third-order valence-electron chi connectivity index (χ3n) is 1.07. The average molecular weight is 255 g/mol. The van der Waals surface area contributed by atoms with Crippen molar-refractivity contribution in [1.29, 1.82) is 0 Å². The largest absolute Gasteiger partial charge is 0.396 e. The molecule has 54 valence electrons. The zero-order valence-corrected chi connectivity index (χ0v) is 7.02. The Morgan fingerprint density at radius 2 is 1.80 bits per heavy atom. The van der Waals surface area contributed by atoms with Crippen LogP contribution in [0.5, 0.6) is 0 Å². The molecule has 0 aliphatic rings. The summed E-state index contributed by atoms with van der Waals surface area (Å²) in [5, 5.41) is 0. The lowest BCUT2D eigenvalue weighted by Crippen LogP contribution is -1.95. The minimum absolute atomic E-state index is 0.155. The van der Waals surface area contributed by atoms with E-state index in [2.05, 4.69) is 0 Å². The van der Waals surface area contributed by atoms with Gasteiger partial charge in [0, 0.05) is 0 Å². The lowest BCUT2D eigenvalue weighted by atomic mass is 10.3. The van der Waals surface area contributed by atoms with Gasteiger partial charge in [-0.3, -0.25) is 0 Å². The number of nitrogen functional groups attached to an aromatic ring is 1. The second kappa shape index (κ2) is 2.69. The second-order valence-electron chi connectivity index (χ2n) is 1.76. The van der Waals surface area contributed by atoms with Gasteiger partial charge in [0.1, 0.15) is 0 Å². The van der Waals surface area contributed by atoms with Crippen LogP contribution in [0.15, 0.2) is 12.1 Å². The average Bonchev–Trinajstić information content (AvgIpc) is 1.93. The van der Waals surface area contributed by atoms with E-state index in [-0.39, 0.29) is 9.26 Å². The zero-order chi connectivity index (χ0) is 7.72. The normalized spacial score (nSPS) is 9.90. The third-order valence-corrected chi connectivity index (χ3v) is 1.90. The van der Waals surface area contributed by atoms with Gasteiger partial charge in [-0.25, -0.2) is 8.78 Å². The predicted octanol–water partition coefficient (Wildman–Crippen LogP) is 2.15. The highest BCUT2D eigenvalue weighted by atomic mass is 127. The summed E-state index contributed by atoms with van der Waals surface area (Å²) in [5.41, 5.74) is 4.92. The van der Waals surface area contributed by atoms with Gasteiger partial charge < -0.3 is 5.73 Å². The van der Waals surface area contributed by atoms with Gasteiger partial charge in [-0.05, 0) is 34.7 Å². The molecular weight excluding hydrogens is 251 g/mol. The van der Waals surface area contributed by atoms with Crippen molar-refractivity contribution in [2.24, 2.45) is 0 Å². The van der Waals surface area contributed by atoms with Gasteiger partial charge >= 0.3 is 0 Å². The monoisotopic (exact) mass is 255 g/mol.